The van der Waals surface area contributed by atoms with Gasteiger partial charge in [0.15, 0.2) is 0 Å². The summed E-state index contributed by atoms with van der Waals surface area (Å²) in [5, 5.41) is 3.42. The molecule has 3 rings (SSSR count). The van der Waals surface area contributed by atoms with Crippen LogP contribution in [0.15, 0.2) is 23.3 Å². The summed E-state index contributed by atoms with van der Waals surface area (Å²) in [7, 11) is 1.80. The molecule has 1 atom stereocenters. The van der Waals surface area contributed by atoms with Crippen molar-refractivity contribution >= 4 is 11.0 Å². The van der Waals surface area contributed by atoms with Crippen molar-refractivity contribution in [1.82, 2.24) is 19.4 Å². The number of rotatable bonds is 2. The van der Waals surface area contributed by atoms with E-state index >= 15 is 0 Å². The highest BCUT2D eigenvalue weighted by Gasteiger charge is 2.18. The molecule has 0 radical (unpaired) electrons. The number of nitrogens with zero attached hydrogens (tertiary/aromatic N) is 3. The van der Waals surface area contributed by atoms with Gasteiger partial charge in [0.25, 0.3) is 0 Å². The fourth-order valence-electron chi connectivity index (χ4n) is 2.56. The van der Waals surface area contributed by atoms with Crippen molar-refractivity contribution in [3.8, 4) is 0 Å². The summed E-state index contributed by atoms with van der Waals surface area (Å²) in [6.45, 7) is 1.81. The van der Waals surface area contributed by atoms with Crippen LogP contribution in [0.5, 0.6) is 0 Å². The number of fused-ring (bicyclic) bond motifs is 1. The Morgan fingerprint density at radius 1 is 1.53 bits per heavy atom. The van der Waals surface area contributed by atoms with E-state index in [1.807, 2.05) is 10.6 Å². The van der Waals surface area contributed by atoms with Crippen LogP contribution in [-0.2, 0) is 13.6 Å². The molecule has 1 aliphatic rings. The zero-order valence-electron chi connectivity index (χ0n) is 9.89. The third-order valence-electron chi connectivity index (χ3n) is 3.51. The molecule has 1 N–H and O–H groups in total. The lowest BCUT2D eigenvalue weighted by atomic mass is 10.2. The molecule has 1 unspecified atom stereocenters. The first-order valence-electron chi connectivity index (χ1n) is 6.00. The second-order valence-corrected chi connectivity index (χ2v) is 4.61. The molecule has 0 saturated carbocycles. The molecule has 5 nitrogen and oxygen atoms in total. The van der Waals surface area contributed by atoms with Crippen LogP contribution in [0.3, 0.4) is 0 Å². The van der Waals surface area contributed by atoms with Crippen LogP contribution >= 0.6 is 0 Å². The summed E-state index contributed by atoms with van der Waals surface area (Å²) in [5.41, 5.74) is 1.92. The highest BCUT2D eigenvalue weighted by Crippen LogP contribution is 2.13. The fourth-order valence-corrected chi connectivity index (χ4v) is 2.56. The van der Waals surface area contributed by atoms with E-state index in [-0.39, 0.29) is 5.69 Å². The summed E-state index contributed by atoms with van der Waals surface area (Å²) in [6, 6.07) is 2.33. The van der Waals surface area contributed by atoms with Crippen LogP contribution in [0.4, 0.5) is 0 Å². The molecule has 3 heterocycles. The summed E-state index contributed by atoms with van der Waals surface area (Å²) in [5.74, 6) is 0. The molecule has 2 aromatic rings. The minimum atomic E-state index is 0.0432. The number of pyridine rings is 1. The lowest BCUT2D eigenvalue weighted by Gasteiger charge is -2.10. The Kier molecular flexibility index (Phi) is 2.48. The third-order valence-corrected chi connectivity index (χ3v) is 3.51. The standard InChI is InChI=1S/C12H16N4O/c1-15-11-7-13-6-4-10(11)16(12(15)17)8-9-3-2-5-14-9/h4,6-7,9,14H,2-3,5,8H2,1H3. The van der Waals surface area contributed by atoms with Gasteiger partial charge in [-0.15, -0.1) is 0 Å². The molecule has 0 aromatic carbocycles. The summed E-state index contributed by atoms with van der Waals surface area (Å²) < 4.78 is 3.51. The third kappa shape index (κ3) is 1.67. The van der Waals surface area contributed by atoms with Crippen molar-refractivity contribution < 1.29 is 0 Å². The van der Waals surface area contributed by atoms with Gasteiger partial charge in [0.05, 0.1) is 17.2 Å². The van der Waals surface area contributed by atoms with Gasteiger partial charge in [-0.25, -0.2) is 4.79 Å². The Bertz CT molecular complexity index is 592. The van der Waals surface area contributed by atoms with E-state index in [2.05, 4.69) is 10.3 Å². The van der Waals surface area contributed by atoms with Crippen molar-refractivity contribution in [3.63, 3.8) is 0 Å². The maximum absolute atomic E-state index is 12.1. The number of aryl methyl sites for hydroxylation is 1. The number of nitrogens with one attached hydrogen (secondary N) is 1. The highest BCUT2D eigenvalue weighted by molar-refractivity contribution is 5.74. The number of imidazole rings is 1. The molecular weight excluding hydrogens is 216 g/mol. The van der Waals surface area contributed by atoms with Crippen molar-refractivity contribution in [1.29, 1.82) is 0 Å². The lowest BCUT2D eigenvalue weighted by molar-refractivity contribution is 0.504. The predicted molar refractivity (Wildman–Crippen MR) is 66.0 cm³/mol. The molecule has 2 aromatic heterocycles. The minimum Gasteiger partial charge on any atom is -0.312 e. The van der Waals surface area contributed by atoms with Crippen LogP contribution in [0, 0.1) is 0 Å². The van der Waals surface area contributed by atoms with Gasteiger partial charge in [-0.05, 0) is 25.5 Å². The van der Waals surface area contributed by atoms with Gasteiger partial charge in [0.1, 0.15) is 0 Å². The zero-order valence-corrected chi connectivity index (χ0v) is 9.89. The average Bonchev–Trinajstić information content (AvgIpc) is 2.94. The monoisotopic (exact) mass is 232 g/mol. The SMILES string of the molecule is Cn1c(=O)n(CC2CCCN2)c2ccncc21. The molecule has 17 heavy (non-hydrogen) atoms. The molecule has 1 saturated heterocycles. The summed E-state index contributed by atoms with van der Waals surface area (Å²) >= 11 is 0. The average molecular weight is 232 g/mol. The van der Waals surface area contributed by atoms with Crippen molar-refractivity contribution in [2.45, 2.75) is 25.4 Å². The van der Waals surface area contributed by atoms with E-state index in [9.17, 15) is 4.79 Å². The van der Waals surface area contributed by atoms with E-state index in [4.69, 9.17) is 0 Å². The van der Waals surface area contributed by atoms with Gasteiger partial charge in [0.2, 0.25) is 0 Å². The van der Waals surface area contributed by atoms with Gasteiger partial charge in [-0.1, -0.05) is 0 Å². The Hall–Kier alpha value is -1.62. The quantitative estimate of drug-likeness (QED) is 0.819. The van der Waals surface area contributed by atoms with Crippen LogP contribution in [0.25, 0.3) is 11.0 Å². The molecule has 0 aliphatic carbocycles. The Morgan fingerprint density at radius 2 is 2.41 bits per heavy atom. The largest absolute Gasteiger partial charge is 0.328 e. The van der Waals surface area contributed by atoms with Crippen molar-refractivity contribution in [2.75, 3.05) is 6.54 Å². The van der Waals surface area contributed by atoms with Crippen LogP contribution in [-0.4, -0.2) is 26.7 Å². The van der Waals surface area contributed by atoms with Gasteiger partial charge in [0, 0.05) is 25.8 Å². The highest BCUT2D eigenvalue weighted by atomic mass is 16.1. The predicted octanol–water partition coefficient (Wildman–Crippen LogP) is 0.487. The lowest BCUT2D eigenvalue weighted by Crippen LogP contribution is -2.32. The van der Waals surface area contributed by atoms with E-state index in [0.717, 1.165) is 30.5 Å². The summed E-state index contributed by atoms with van der Waals surface area (Å²) in [4.78, 5) is 16.2. The molecule has 5 heteroatoms. The second-order valence-electron chi connectivity index (χ2n) is 4.61. The first-order valence-corrected chi connectivity index (χ1v) is 6.00. The Morgan fingerprint density at radius 3 is 3.18 bits per heavy atom. The van der Waals surface area contributed by atoms with E-state index < -0.39 is 0 Å². The van der Waals surface area contributed by atoms with E-state index in [0.29, 0.717) is 6.04 Å². The van der Waals surface area contributed by atoms with Gasteiger partial charge in [-0.3, -0.25) is 14.1 Å². The molecular formula is C12H16N4O. The van der Waals surface area contributed by atoms with Crippen LogP contribution in [0.2, 0.25) is 0 Å². The van der Waals surface area contributed by atoms with E-state index in [1.54, 1.807) is 24.0 Å². The van der Waals surface area contributed by atoms with Crippen molar-refractivity contribution in [3.05, 3.63) is 28.9 Å². The number of hydrogen-bond acceptors (Lipinski definition) is 3. The number of hydrogen-bond donors (Lipinski definition) is 1. The Balaban J connectivity index is 2.08. The van der Waals surface area contributed by atoms with Gasteiger partial charge in [-0.2, -0.15) is 0 Å². The maximum Gasteiger partial charge on any atom is 0.328 e. The van der Waals surface area contributed by atoms with E-state index in [1.165, 1.54) is 6.42 Å². The molecule has 1 aliphatic heterocycles. The van der Waals surface area contributed by atoms with Crippen LogP contribution in [0.1, 0.15) is 12.8 Å². The molecule has 0 amide bonds. The Labute approximate surface area is 99.1 Å². The van der Waals surface area contributed by atoms with Crippen LogP contribution < -0.4 is 11.0 Å². The minimum absolute atomic E-state index is 0.0432. The van der Waals surface area contributed by atoms with Gasteiger partial charge < -0.3 is 5.32 Å². The zero-order chi connectivity index (χ0) is 11.8. The normalized spacial score (nSPS) is 20.2. The molecule has 0 spiro atoms. The topological polar surface area (TPSA) is 51.9 Å². The second kappa shape index (κ2) is 4.00. The molecule has 90 valence electrons. The fraction of sp³-hybridized carbons (Fsp3) is 0.500. The van der Waals surface area contributed by atoms with Gasteiger partial charge >= 0.3 is 5.69 Å². The number of aromatic nitrogens is 3. The smallest absolute Gasteiger partial charge is 0.312 e. The first kappa shape index (κ1) is 10.5. The molecule has 1 fully saturated rings. The maximum atomic E-state index is 12.1. The molecule has 0 bridgehead atoms. The first-order chi connectivity index (χ1) is 8.27. The van der Waals surface area contributed by atoms with Crippen molar-refractivity contribution in [2.24, 2.45) is 7.05 Å². The summed E-state index contributed by atoms with van der Waals surface area (Å²) in [6.07, 6.45) is 5.83.